The fourth-order valence-electron chi connectivity index (χ4n) is 2.55. The number of para-hydroxylation sites is 1. The van der Waals surface area contributed by atoms with E-state index in [1.165, 1.54) is 18.1 Å². The van der Waals surface area contributed by atoms with E-state index in [0.717, 1.165) is 26.6 Å². The Morgan fingerprint density at radius 3 is 2.92 bits per heavy atom. The number of thiophene rings is 1. The lowest BCUT2D eigenvalue weighted by Crippen LogP contribution is -2.17. The molecule has 0 atom stereocenters. The topological polar surface area (TPSA) is 72.7 Å². The average molecular weight is 381 g/mol. The van der Waals surface area contributed by atoms with Gasteiger partial charge in [0, 0.05) is 11.5 Å². The van der Waals surface area contributed by atoms with E-state index in [0.29, 0.717) is 5.82 Å². The molecule has 0 unspecified atom stereocenters. The Kier molecular flexibility index (Phi) is 4.68. The number of carbonyl (C=O) groups excluding carboxylic acids is 1. The first-order valence-electron chi connectivity index (χ1n) is 7.93. The molecule has 0 saturated carbocycles. The third kappa shape index (κ3) is 3.47. The summed E-state index contributed by atoms with van der Waals surface area (Å²) in [6.07, 6.45) is 1.53. The van der Waals surface area contributed by atoms with Crippen molar-refractivity contribution in [2.24, 2.45) is 0 Å². The second-order valence-electron chi connectivity index (χ2n) is 5.57. The van der Waals surface area contributed by atoms with Gasteiger partial charge < -0.3 is 5.32 Å². The molecule has 3 aromatic heterocycles. The third-order valence-electron chi connectivity index (χ3n) is 3.66. The summed E-state index contributed by atoms with van der Waals surface area (Å²) in [6.45, 7) is 1.90. The van der Waals surface area contributed by atoms with Gasteiger partial charge in [-0.2, -0.15) is 5.10 Å². The van der Waals surface area contributed by atoms with E-state index in [1.54, 1.807) is 16.0 Å². The number of amides is 1. The van der Waals surface area contributed by atoms with Crippen molar-refractivity contribution in [1.82, 2.24) is 19.7 Å². The molecule has 0 aliphatic heterocycles. The zero-order valence-electron chi connectivity index (χ0n) is 13.9. The van der Waals surface area contributed by atoms with Crippen molar-refractivity contribution in [1.29, 1.82) is 0 Å². The molecule has 26 heavy (non-hydrogen) atoms. The quantitative estimate of drug-likeness (QED) is 0.419. The molecule has 0 fully saturated rings. The Balaban J connectivity index is 1.48. The summed E-state index contributed by atoms with van der Waals surface area (Å²) in [6, 6.07) is 13.6. The molecule has 0 saturated heterocycles. The lowest BCUT2D eigenvalue weighted by atomic mass is 10.3. The van der Waals surface area contributed by atoms with Crippen LogP contribution in [0.5, 0.6) is 0 Å². The highest BCUT2D eigenvalue weighted by Crippen LogP contribution is 2.27. The number of hydrogen-bond acceptors (Lipinski definition) is 6. The number of nitrogens with zero attached hydrogens (tertiary/aromatic N) is 4. The monoisotopic (exact) mass is 381 g/mol. The number of carbonyl (C=O) groups is 1. The third-order valence-corrected chi connectivity index (χ3v) is 5.49. The average Bonchev–Trinajstić information content (AvgIpc) is 3.27. The Morgan fingerprint density at radius 1 is 1.23 bits per heavy atom. The number of rotatable bonds is 5. The van der Waals surface area contributed by atoms with E-state index in [1.807, 2.05) is 54.8 Å². The Labute approximate surface area is 158 Å². The first-order valence-corrected chi connectivity index (χ1v) is 9.80. The zero-order valence-corrected chi connectivity index (χ0v) is 15.5. The van der Waals surface area contributed by atoms with E-state index in [9.17, 15) is 4.79 Å². The summed E-state index contributed by atoms with van der Waals surface area (Å²) in [4.78, 5) is 21.9. The SMILES string of the molecule is Cc1cc(NC(=O)CSc2ncnc3sccc23)n(-c2ccccc2)n1. The molecular weight excluding hydrogens is 366 g/mol. The first-order chi connectivity index (χ1) is 12.7. The second kappa shape index (κ2) is 7.27. The van der Waals surface area contributed by atoms with Crippen LogP contribution in [0.25, 0.3) is 15.9 Å². The highest BCUT2D eigenvalue weighted by atomic mass is 32.2. The number of aromatic nitrogens is 4. The summed E-state index contributed by atoms with van der Waals surface area (Å²) in [5.41, 5.74) is 1.74. The van der Waals surface area contributed by atoms with Gasteiger partial charge in [-0.1, -0.05) is 30.0 Å². The van der Waals surface area contributed by atoms with Gasteiger partial charge in [0.25, 0.3) is 0 Å². The van der Waals surface area contributed by atoms with Gasteiger partial charge >= 0.3 is 0 Å². The molecule has 6 nitrogen and oxygen atoms in total. The minimum atomic E-state index is -0.103. The van der Waals surface area contributed by atoms with E-state index in [-0.39, 0.29) is 11.7 Å². The number of thioether (sulfide) groups is 1. The molecular formula is C18H15N5OS2. The van der Waals surface area contributed by atoms with Crippen LogP contribution in [-0.4, -0.2) is 31.4 Å². The molecule has 1 aromatic carbocycles. The van der Waals surface area contributed by atoms with Crippen LogP contribution in [0.1, 0.15) is 5.69 Å². The van der Waals surface area contributed by atoms with Gasteiger partial charge in [-0.3, -0.25) is 4.79 Å². The largest absolute Gasteiger partial charge is 0.310 e. The van der Waals surface area contributed by atoms with E-state index in [2.05, 4.69) is 20.4 Å². The van der Waals surface area contributed by atoms with Crippen molar-refractivity contribution >= 4 is 45.0 Å². The predicted molar refractivity (Wildman–Crippen MR) is 105 cm³/mol. The normalized spacial score (nSPS) is 11.0. The number of fused-ring (bicyclic) bond motifs is 1. The molecule has 0 spiro atoms. The number of anilines is 1. The summed E-state index contributed by atoms with van der Waals surface area (Å²) in [5.74, 6) is 0.817. The van der Waals surface area contributed by atoms with Crippen LogP contribution < -0.4 is 5.32 Å². The molecule has 1 amide bonds. The van der Waals surface area contributed by atoms with E-state index >= 15 is 0 Å². The van der Waals surface area contributed by atoms with Crippen molar-refractivity contribution in [2.75, 3.05) is 11.1 Å². The summed E-state index contributed by atoms with van der Waals surface area (Å²) < 4.78 is 1.74. The summed E-state index contributed by atoms with van der Waals surface area (Å²) in [7, 11) is 0. The van der Waals surface area contributed by atoms with Crippen LogP contribution in [-0.2, 0) is 4.79 Å². The number of benzene rings is 1. The van der Waals surface area contributed by atoms with E-state index < -0.39 is 0 Å². The highest BCUT2D eigenvalue weighted by molar-refractivity contribution is 8.00. The van der Waals surface area contributed by atoms with Crippen molar-refractivity contribution in [3.05, 3.63) is 59.9 Å². The van der Waals surface area contributed by atoms with Crippen LogP contribution in [0.2, 0.25) is 0 Å². The number of nitrogens with one attached hydrogen (secondary N) is 1. The van der Waals surface area contributed by atoms with Gasteiger partial charge in [-0.15, -0.1) is 11.3 Å². The van der Waals surface area contributed by atoms with Crippen LogP contribution >= 0.6 is 23.1 Å². The smallest absolute Gasteiger partial charge is 0.235 e. The Hall–Kier alpha value is -2.71. The molecule has 1 N–H and O–H groups in total. The van der Waals surface area contributed by atoms with E-state index in [4.69, 9.17) is 0 Å². The molecule has 8 heteroatoms. The zero-order chi connectivity index (χ0) is 17.9. The van der Waals surface area contributed by atoms with Gasteiger partial charge in [0.2, 0.25) is 5.91 Å². The lowest BCUT2D eigenvalue weighted by Gasteiger charge is -2.08. The van der Waals surface area contributed by atoms with Crippen molar-refractivity contribution < 1.29 is 4.79 Å². The molecule has 4 aromatic rings. The summed E-state index contributed by atoms with van der Waals surface area (Å²) >= 11 is 2.97. The standard InChI is InChI=1S/C18H15N5OS2/c1-12-9-15(23(22-12)13-5-3-2-4-6-13)21-16(24)10-26-18-14-7-8-25-17(14)19-11-20-18/h2-9,11H,10H2,1H3,(H,21,24). The number of aryl methyl sites for hydroxylation is 1. The minimum Gasteiger partial charge on any atom is -0.310 e. The van der Waals surface area contributed by atoms with Crippen molar-refractivity contribution in [3.8, 4) is 5.69 Å². The van der Waals surface area contributed by atoms with Crippen molar-refractivity contribution in [3.63, 3.8) is 0 Å². The van der Waals surface area contributed by atoms with Gasteiger partial charge in [-0.25, -0.2) is 14.6 Å². The van der Waals surface area contributed by atoms with Crippen molar-refractivity contribution in [2.45, 2.75) is 11.9 Å². The Morgan fingerprint density at radius 2 is 2.08 bits per heavy atom. The van der Waals surface area contributed by atoms with Gasteiger partial charge in [-0.05, 0) is 30.5 Å². The van der Waals surface area contributed by atoms with Crippen LogP contribution in [0, 0.1) is 6.92 Å². The van der Waals surface area contributed by atoms with Gasteiger partial charge in [0.05, 0.1) is 17.1 Å². The molecule has 0 radical (unpaired) electrons. The maximum atomic E-state index is 12.4. The molecule has 4 rings (SSSR count). The highest BCUT2D eigenvalue weighted by Gasteiger charge is 2.13. The molecule has 0 bridgehead atoms. The van der Waals surface area contributed by atoms with Crippen LogP contribution in [0.15, 0.2) is 59.2 Å². The fourth-order valence-corrected chi connectivity index (χ4v) is 4.13. The molecule has 3 heterocycles. The molecule has 130 valence electrons. The van der Waals surface area contributed by atoms with Crippen LogP contribution in [0.4, 0.5) is 5.82 Å². The molecule has 0 aliphatic carbocycles. The second-order valence-corrected chi connectivity index (χ2v) is 7.43. The molecule has 0 aliphatic rings. The fraction of sp³-hybridized carbons (Fsp3) is 0.111. The maximum absolute atomic E-state index is 12.4. The Bertz CT molecular complexity index is 1060. The maximum Gasteiger partial charge on any atom is 0.235 e. The van der Waals surface area contributed by atoms with Crippen LogP contribution in [0.3, 0.4) is 0 Å². The van der Waals surface area contributed by atoms with Gasteiger partial charge in [0.15, 0.2) is 0 Å². The summed E-state index contributed by atoms with van der Waals surface area (Å²) in [5, 5.41) is 11.2. The lowest BCUT2D eigenvalue weighted by molar-refractivity contribution is -0.113. The number of hydrogen-bond donors (Lipinski definition) is 1. The first kappa shape index (κ1) is 16.7. The van der Waals surface area contributed by atoms with Gasteiger partial charge in [0.1, 0.15) is 22.0 Å². The minimum absolute atomic E-state index is 0.103. The predicted octanol–water partition coefficient (Wildman–Crippen LogP) is 3.92.